The van der Waals surface area contributed by atoms with Crippen LogP contribution in [0.15, 0.2) is 28.9 Å². The third-order valence-corrected chi connectivity index (χ3v) is 2.92. The maximum absolute atomic E-state index is 5.51. The van der Waals surface area contributed by atoms with E-state index < -0.39 is 0 Å². The van der Waals surface area contributed by atoms with Crippen LogP contribution in [0.1, 0.15) is 19.0 Å². The SMILES string of the molecule is CCCNCc1coc(-c2ccc(OC)c(OC)c2)n1. The molecule has 0 aliphatic heterocycles. The fourth-order valence-electron chi connectivity index (χ4n) is 1.88. The second-order valence-corrected chi connectivity index (χ2v) is 4.39. The van der Waals surface area contributed by atoms with Crippen molar-refractivity contribution in [2.45, 2.75) is 19.9 Å². The van der Waals surface area contributed by atoms with Gasteiger partial charge < -0.3 is 19.2 Å². The molecule has 0 fully saturated rings. The molecule has 0 unspecified atom stereocenters. The second kappa shape index (κ2) is 6.96. The topological polar surface area (TPSA) is 56.5 Å². The van der Waals surface area contributed by atoms with Crippen molar-refractivity contribution in [2.75, 3.05) is 20.8 Å². The summed E-state index contributed by atoms with van der Waals surface area (Å²) in [6.07, 6.45) is 2.77. The summed E-state index contributed by atoms with van der Waals surface area (Å²) in [5.74, 6) is 1.93. The molecule has 0 atom stereocenters. The molecule has 20 heavy (non-hydrogen) atoms. The van der Waals surface area contributed by atoms with Gasteiger partial charge in [0.15, 0.2) is 11.5 Å². The van der Waals surface area contributed by atoms with E-state index in [2.05, 4.69) is 17.2 Å². The maximum Gasteiger partial charge on any atom is 0.226 e. The molecule has 2 aromatic rings. The van der Waals surface area contributed by atoms with E-state index in [-0.39, 0.29) is 0 Å². The second-order valence-electron chi connectivity index (χ2n) is 4.39. The summed E-state index contributed by atoms with van der Waals surface area (Å²) in [7, 11) is 3.22. The van der Waals surface area contributed by atoms with Gasteiger partial charge in [-0.05, 0) is 31.2 Å². The van der Waals surface area contributed by atoms with Gasteiger partial charge in [0.2, 0.25) is 5.89 Å². The fourth-order valence-corrected chi connectivity index (χ4v) is 1.88. The number of hydrogen-bond acceptors (Lipinski definition) is 5. The van der Waals surface area contributed by atoms with Gasteiger partial charge in [-0.15, -0.1) is 0 Å². The summed E-state index contributed by atoms with van der Waals surface area (Å²) in [4.78, 5) is 4.46. The number of oxazole rings is 1. The Balaban J connectivity index is 2.15. The molecule has 0 saturated carbocycles. The Morgan fingerprint density at radius 1 is 1.20 bits per heavy atom. The van der Waals surface area contributed by atoms with Crippen LogP contribution in [0.25, 0.3) is 11.5 Å². The van der Waals surface area contributed by atoms with Gasteiger partial charge in [-0.25, -0.2) is 4.98 Å². The monoisotopic (exact) mass is 276 g/mol. The maximum atomic E-state index is 5.51. The van der Waals surface area contributed by atoms with Crippen molar-refractivity contribution in [3.8, 4) is 23.0 Å². The van der Waals surface area contributed by atoms with Crippen molar-refractivity contribution in [3.63, 3.8) is 0 Å². The highest BCUT2D eigenvalue weighted by molar-refractivity contribution is 5.60. The molecule has 1 aromatic carbocycles. The molecule has 0 bridgehead atoms. The Bertz CT molecular complexity index is 552. The van der Waals surface area contributed by atoms with E-state index in [1.165, 1.54) is 0 Å². The molecule has 2 rings (SSSR count). The van der Waals surface area contributed by atoms with E-state index >= 15 is 0 Å². The van der Waals surface area contributed by atoms with Crippen molar-refractivity contribution >= 4 is 0 Å². The first kappa shape index (κ1) is 14.4. The Kier molecular flexibility index (Phi) is 5.01. The number of hydrogen-bond donors (Lipinski definition) is 1. The molecule has 5 nitrogen and oxygen atoms in total. The minimum atomic E-state index is 0.583. The highest BCUT2D eigenvalue weighted by Crippen LogP contribution is 2.31. The number of aromatic nitrogens is 1. The van der Waals surface area contributed by atoms with Gasteiger partial charge in [0, 0.05) is 12.1 Å². The molecular weight excluding hydrogens is 256 g/mol. The molecule has 0 saturated heterocycles. The first-order chi connectivity index (χ1) is 9.78. The number of nitrogens with one attached hydrogen (secondary N) is 1. The molecule has 0 spiro atoms. The zero-order chi connectivity index (χ0) is 14.4. The highest BCUT2D eigenvalue weighted by atomic mass is 16.5. The average molecular weight is 276 g/mol. The lowest BCUT2D eigenvalue weighted by molar-refractivity contribution is 0.355. The Morgan fingerprint density at radius 2 is 2.00 bits per heavy atom. The number of ether oxygens (including phenoxy) is 2. The van der Waals surface area contributed by atoms with Crippen molar-refractivity contribution < 1.29 is 13.9 Å². The van der Waals surface area contributed by atoms with Crippen LogP contribution in [0, 0.1) is 0 Å². The van der Waals surface area contributed by atoms with Gasteiger partial charge in [0.25, 0.3) is 0 Å². The summed E-state index contributed by atoms with van der Waals surface area (Å²) in [6.45, 7) is 3.81. The quantitative estimate of drug-likeness (QED) is 0.788. The number of benzene rings is 1. The van der Waals surface area contributed by atoms with Crippen molar-refractivity contribution in [3.05, 3.63) is 30.2 Å². The summed E-state index contributed by atoms with van der Waals surface area (Å²) in [6, 6.07) is 5.59. The zero-order valence-electron chi connectivity index (χ0n) is 12.1. The van der Waals surface area contributed by atoms with Crippen LogP contribution in [-0.4, -0.2) is 25.7 Å². The average Bonchev–Trinajstić information content (AvgIpc) is 2.95. The molecular formula is C15H20N2O3. The largest absolute Gasteiger partial charge is 0.493 e. The predicted octanol–water partition coefficient (Wildman–Crippen LogP) is 2.86. The first-order valence-electron chi connectivity index (χ1n) is 6.66. The Hall–Kier alpha value is -2.01. The minimum Gasteiger partial charge on any atom is -0.493 e. The molecule has 108 valence electrons. The number of nitrogens with zero attached hydrogens (tertiary/aromatic N) is 1. The van der Waals surface area contributed by atoms with E-state index in [0.29, 0.717) is 23.9 Å². The van der Waals surface area contributed by atoms with Gasteiger partial charge in [0.1, 0.15) is 6.26 Å². The smallest absolute Gasteiger partial charge is 0.226 e. The normalized spacial score (nSPS) is 10.6. The lowest BCUT2D eigenvalue weighted by Gasteiger charge is -2.07. The fraction of sp³-hybridized carbons (Fsp3) is 0.400. The molecule has 1 heterocycles. The van der Waals surface area contributed by atoms with Gasteiger partial charge in [-0.2, -0.15) is 0 Å². The van der Waals surface area contributed by atoms with Gasteiger partial charge >= 0.3 is 0 Å². The molecule has 0 aliphatic carbocycles. The van der Waals surface area contributed by atoms with E-state index in [9.17, 15) is 0 Å². The highest BCUT2D eigenvalue weighted by Gasteiger charge is 2.10. The molecule has 5 heteroatoms. The number of rotatable bonds is 7. The molecule has 0 amide bonds. The van der Waals surface area contributed by atoms with Crippen LogP contribution >= 0.6 is 0 Å². The lowest BCUT2D eigenvalue weighted by Crippen LogP contribution is -2.13. The summed E-state index contributed by atoms with van der Waals surface area (Å²) >= 11 is 0. The van der Waals surface area contributed by atoms with Crippen LogP contribution in [0.5, 0.6) is 11.5 Å². The van der Waals surface area contributed by atoms with Crippen molar-refractivity contribution in [1.82, 2.24) is 10.3 Å². The summed E-state index contributed by atoms with van der Waals surface area (Å²) in [5.41, 5.74) is 1.76. The van der Waals surface area contributed by atoms with Gasteiger partial charge in [0.05, 0.1) is 19.9 Å². The van der Waals surface area contributed by atoms with Gasteiger partial charge in [-0.3, -0.25) is 0 Å². The van der Waals surface area contributed by atoms with Crippen LogP contribution in [0.4, 0.5) is 0 Å². The Labute approximate surface area is 118 Å². The third kappa shape index (κ3) is 3.30. The van der Waals surface area contributed by atoms with Crippen LogP contribution in [0.3, 0.4) is 0 Å². The first-order valence-corrected chi connectivity index (χ1v) is 6.66. The summed E-state index contributed by atoms with van der Waals surface area (Å²) < 4.78 is 16.0. The van der Waals surface area contributed by atoms with Crippen molar-refractivity contribution in [1.29, 1.82) is 0 Å². The minimum absolute atomic E-state index is 0.583. The van der Waals surface area contributed by atoms with Gasteiger partial charge in [-0.1, -0.05) is 6.92 Å². The molecule has 1 aromatic heterocycles. The lowest BCUT2D eigenvalue weighted by atomic mass is 10.2. The van der Waals surface area contributed by atoms with E-state index in [1.54, 1.807) is 20.5 Å². The third-order valence-electron chi connectivity index (χ3n) is 2.92. The van der Waals surface area contributed by atoms with Crippen LogP contribution in [-0.2, 0) is 6.54 Å². The summed E-state index contributed by atoms with van der Waals surface area (Å²) in [5, 5.41) is 3.29. The predicted molar refractivity (Wildman–Crippen MR) is 77.0 cm³/mol. The van der Waals surface area contributed by atoms with E-state index in [1.807, 2.05) is 18.2 Å². The number of methoxy groups -OCH3 is 2. The van der Waals surface area contributed by atoms with Crippen LogP contribution < -0.4 is 14.8 Å². The standard InChI is InChI=1S/C15H20N2O3/c1-4-7-16-9-12-10-20-15(17-12)11-5-6-13(18-2)14(8-11)19-3/h5-6,8,10,16H,4,7,9H2,1-3H3. The Morgan fingerprint density at radius 3 is 2.70 bits per heavy atom. The zero-order valence-corrected chi connectivity index (χ0v) is 12.1. The molecule has 0 aliphatic rings. The van der Waals surface area contributed by atoms with E-state index in [0.717, 1.165) is 24.2 Å². The molecule has 0 radical (unpaired) electrons. The van der Waals surface area contributed by atoms with E-state index in [4.69, 9.17) is 13.9 Å². The van der Waals surface area contributed by atoms with Crippen LogP contribution in [0.2, 0.25) is 0 Å². The van der Waals surface area contributed by atoms with Crippen molar-refractivity contribution in [2.24, 2.45) is 0 Å². The molecule has 1 N–H and O–H groups in total.